The zero-order valence-electron chi connectivity index (χ0n) is 20.5. The summed E-state index contributed by atoms with van der Waals surface area (Å²) in [7, 11) is 0. The molecule has 1 atom stereocenters. The number of fused-ring (bicyclic) bond motifs is 1. The minimum absolute atomic E-state index is 0.0458. The molecule has 0 aliphatic carbocycles. The van der Waals surface area contributed by atoms with E-state index in [4.69, 9.17) is 21.1 Å². The summed E-state index contributed by atoms with van der Waals surface area (Å²) in [6.07, 6.45) is 0. The van der Waals surface area contributed by atoms with Gasteiger partial charge in [0.05, 0.1) is 11.8 Å². The highest BCUT2D eigenvalue weighted by Crippen LogP contribution is 2.33. The molecule has 9 nitrogen and oxygen atoms in total. The van der Waals surface area contributed by atoms with Crippen molar-refractivity contribution in [1.82, 2.24) is 20.1 Å². The number of carbonyl (C=O) groups excluding carboxylic acids is 2. The van der Waals surface area contributed by atoms with Gasteiger partial charge in [-0.15, -0.1) is 10.2 Å². The van der Waals surface area contributed by atoms with Crippen molar-refractivity contribution in [2.75, 3.05) is 17.9 Å². The van der Waals surface area contributed by atoms with Gasteiger partial charge in [0.2, 0.25) is 12.7 Å². The number of amides is 2. The molecule has 0 saturated carbocycles. The Morgan fingerprint density at radius 3 is 2.69 bits per heavy atom. The maximum atomic E-state index is 13.0. The molecule has 0 fully saturated rings. The molecule has 2 aromatic carbocycles. The molecule has 1 aromatic heterocycles. The van der Waals surface area contributed by atoms with E-state index in [1.54, 1.807) is 30.3 Å². The van der Waals surface area contributed by atoms with Gasteiger partial charge in [0.25, 0.3) is 5.91 Å². The van der Waals surface area contributed by atoms with Crippen molar-refractivity contribution >= 4 is 40.9 Å². The standard InChI is InChI=1S/C25H28ClN5O4S/c1-5-31-23(22(14(2)3)28-24(33)16-9-10-19-20(11-16)35-13-34-19)29-30-25(31)36-12-21(32)27-18-8-6-7-17(26)15(18)4/h6-11,14,22H,5,12-13H2,1-4H3,(H,27,32)(H,28,33). The van der Waals surface area contributed by atoms with Crippen LogP contribution >= 0.6 is 23.4 Å². The molecule has 3 aromatic rings. The second-order valence-corrected chi connectivity index (χ2v) is 9.95. The summed E-state index contributed by atoms with van der Waals surface area (Å²) in [5.74, 6) is 1.58. The molecule has 2 N–H and O–H groups in total. The van der Waals surface area contributed by atoms with Gasteiger partial charge < -0.3 is 24.7 Å². The lowest BCUT2D eigenvalue weighted by atomic mass is 10.0. The van der Waals surface area contributed by atoms with Gasteiger partial charge in [0, 0.05) is 22.8 Å². The minimum Gasteiger partial charge on any atom is -0.454 e. The summed E-state index contributed by atoms with van der Waals surface area (Å²) in [5.41, 5.74) is 1.96. The topological polar surface area (TPSA) is 107 Å². The van der Waals surface area contributed by atoms with E-state index in [9.17, 15) is 9.59 Å². The van der Waals surface area contributed by atoms with Crippen molar-refractivity contribution in [3.8, 4) is 11.5 Å². The molecule has 0 spiro atoms. The average Bonchev–Trinajstić information content (AvgIpc) is 3.49. The van der Waals surface area contributed by atoms with E-state index in [1.165, 1.54) is 11.8 Å². The highest BCUT2D eigenvalue weighted by atomic mass is 35.5. The van der Waals surface area contributed by atoms with Crippen LogP contribution in [0.15, 0.2) is 41.6 Å². The summed E-state index contributed by atoms with van der Waals surface area (Å²) >= 11 is 7.44. The number of hydrogen-bond donors (Lipinski definition) is 2. The first kappa shape index (κ1) is 25.8. The Kier molecular flexibility index (Phi) is 8.05. The molecule has 1 aliphatic rings. The number of nitrogens with one attached hydrogen (secondary N) is 2. The van der Waals surface area contributed by atoms with Gasteiger partial charge in [-0.1, -0.05) is 43.3 Å². The van der Waals surface area contributed by atoms with Gasteiger partial charge in [-0.25, -0.2) is 0 Å². The number of ether oxygens (including phenoxy) is 2. The number of hydrogen-bond acceptors (Lipinski definition) is 7. The molecule has 36 heavy (non-hydrogen) atoms. The van der Waals surface area contributed by atoms with Crippen LogP contribution < -0.4 is 20.1 Å². The first-order valence-corrected chi connectivity index (χ1v) is 13.0. The van der Waals surface area contributed by atoms with Crippen LogP contribution in [0.3, 0.4) is 0 Å². The SMILES string of the molecule is CCn1c(SCC(=O)Nc2cccc(Cl)c2C)nnc1C(NC(=O)c1ccc2c(c1)OCO2)C(C)C. The van der Waals surface area contributed by atoms with Crippen LogP contribution in [-0.2, 0) is 11.3 Å². The molecule has 0 saturated heterocycles. The molecule has 0 radical (unpaired) electrons. The third-order valence-electron chi connectivity index (χ3n) is 5.80. The van der Waals surface area contributed by atoms with E-state index in [0.717, 1.165) is 5.56 Å². The van der Waals surface area contributed by atoms with Gasteiger partial charge in [-0.3, -0.25) is 9.59 Å². The average molecular weight is 530 g/mol. The second-order valence-electron chi connectivity index (χ2n) is 8.60. The van der Waals surface area contributed by atoms with Crippen LogP contribution in [0.1, 0.15) is 48.6 Å². The highest BCUT2D eigenvalue weighted by Gasteiger charge is 2.27. The first-order chi connectivity index (χ1) is 17.3. The fraction of sp³-hybridized carbons (Fsp3) is 0.360. The molecule has 1 aliphatic heterocycles. The van der Waals surface area contributed by atoms with E-state index < -0.39 is 0 Å². The molecule has 4 rings (SSSR count). The highest BCUT2D eigenvalue weighted by molar-refractivity contribution is 7.99. The Balaban J connectivity index is 1.45. The quantitative estimate of drug-likeness (QED) is 0.382. The Morgan fingerprint density at radius 1 is 1.17 bits per heavy atom. The zero-order chi connectivity index (χ0) is 25.8. The number of thioether (sulfide) groups is 1. The third kappa shape index (κ3) is 5.60. The Hall–Kier alpha value is -3.24. The largest absolute Gasteiger partial charge is 0.454 e. The number of benzene rings is 2. The lowest BCUT2D eigenvalue weighted by Gasteiger charge is -2.22. The van der Waals surface area contributed by atoms with Gasteiger partial charge in [-0.05, 0) is 55.7 Å². The summed E-state index contributed by atoms with van der Waals surface area (Å²) in [5, 5.41) is 15.9. The summed E-state index contributed by atoms with van der Waals surface area (Å²) in [6, 6.07) is 10.1. The monoisotopic (exact) mass is 529 g/mol. The fourth-order valence-electron chi connectivity index (χ4n) is 3.79. The van der Waals surface area contributed by atoms with E-state index in [0.29, 0.717) is 45.3 Å². The van der Waals surface area contributed by atoms with Crippen LogP contribution in [0.25, 0.3) is 0 Å². The summed E-state index contributed by atoms with van der Waals surface area (Å²) < 4.78 is 12.6. The van der Waals surface area contributed by atoms with E-state index >= 15 is 0 Å². The van der Waals surface area contributed by atoms with E-state index in [-0.39, 0.29) is 36.3 Å². The van der Waals surface area contributed by atoms with Crippen molar-refractivity contribution in [3.05, 3.63) is 58.4 Å². The molecule has 2 heterocycles. The maximum Gasteiger partial charge on any atom is 0.252 e. The van der Waals surface area contributed by atoms with Crippen molar-refractivity contribution in [2.24, 2.45) is 5.92 Å². The molecule has 2 amide bonds. The normalized spacial score (nSPS) is 13.1. The van der Waals surface area contributed by atoms with Crippen LogP contribution in [0.4, 0.5) is 5.69 Å². The molecular weight excluding hydrogens is 502 g/mol. The minimum atomic E-state index is -0.382. The summed E-state index contributed by atoms with van der Waals surface area (Å²) in [4.78, 5) is 25.6. The zero-order valence-corrected chi connectivity index (χ0v) is 22.1. The Bertz CT molecular complexity index is 1280. The van der Waals surface area contributed by atoms with Gasteiger partial charge in [-0.2, -0.15) is 0 Å². The number of nitrogens with zero attached hydrogens (tertiary/aromatic N) is 3. The Labute approximate surface area is 218 Å². The molecule has 0 bridgehead atoms. The van der Waals surface area contributed by atoms with Crippen molar-refractivity contribution in [3.63, 3.8) is 0 Å². The fourth-order valence-corrected chi connectivity index (χ4v) is 4.77. The lowest BCUT2D eigenvalue weighted by molar-refractivity contribution is -0.113. The molecular formula is C25H28ClN5O4S. The molecule has 190 valence electrons. The predicted octanol–water partition coefficient (Wildman–Crippen LogP) is 4.85. The number of carbonyl (C=O) groups is 2. The summed E-state index contributed by atoms with van der Waals surface area (Å²) in [6.45, 7) is 8.58. The van der Waals surface area contributed by atoms with E-state index in [2.05, 4.69) is 20.8 Å². The van der Waals surface area contributed by atoms with Crippen molar-refractivity contribution in [1.29, 1.82) is 0 Å². The number of rotatable bonds is 9. The smallest absolute Gasteiger partial charge is 0.252 e. The van der Waals surface area contributed by atoms with Crippen LogP contribution in [0.2, 0.25) is 5.02 Å². The molecule has 1 unspecified atom stereocenters. The van der Waals surface area contributed by atoms with Gasteiger partial charge in [0.15, 0.2) is 22.5 Å². The van der Waals surface area contributed by atoms with Crippen LogP contribution in [0, 0.1) is 12.8 Å². The van der Waals surface area contributed by atoms with Crippen molar-refractivity contribution in [2.45, 2.75) is 45.4 Å². The van der Waals surface area contributed by atoms with Gasteiger partial charge >= 0.3 is 0 Å². The van der Waals surface area contributed by atoms with E-state index in [1.807, 2.05) is 38.3 Å². The van der Waals surface area contributed by atoms with Crippen molar-refractivity contribution < 1.29 is 19.1 Å². The molecule has 11 heteroatoms. The number of aromatic nitrogens is 3. The Morgan fingerprint density at radius 2 is 1.94 bits per heavy atom. The van der Waals surface area contributed by atoms with Crippen LogP contribution in [-0.4, -0.2) is 39.1 Å². The van der Waals surface area contributed by atoms with Gasteiger partial charge in [0.1, 0.15) is 0 Å². The maximum absolute atomic E-state index is 13.0. The second kappa shape index (κ2) is 11.2. The van der Waals surface area contributed by atoms with Crippen LogP contribution in [0.5, 0.6) is 11.5 Å². The number of anilines is 1. The lowest BCUT2D eigenvalue weighted by Crippen LogP contribution is -2.33. The first-order valence-electron chi connectivity index (χ1n) is 11.6. The number of halogens is 1. The predicted molar refractivity (Wildman–Crippen MR) is 139 cm³/mol. The third-order valence-corrected chi connectivity index (χ3v) is 7.18.